The van der Waals surface area contributed by atoms with Crippen LogP contribution in [-0.2, 0) is 18.5 Å². The van der Waals surface area contributed by atoms with Gasteiger partial charge in [0.05, 0.1) is 11.7 Å². The molecule has 0 aromatic carbocycles. The third-order valence-corrected chi connectivity index (χ3v) is 7.14. The number of amides is 1. The van der Waals surface area contributed by atoms with Crippen molar-refractivity contribution in [3.05, 3.63) is 0 Å². The first-order valence-corrected chi connectivity index (χ1v) is 15.7. The summed E-state index contributed by atoms with van der Waals surface area (Å²) in [5.41, 5.74) is -0.102. The smallest absolute Gasteiger partial charge is 0.372 e. The second kappa shape index (κ2) is 24.9. The van der Waals surface area contributed by atoms with Gasteiger partial charge in [0.2, 0.25) is 5.91 Å². The van der Waals surface area contributed by atoms with E-state index in [1.54, 1.807) is 0 Å². The molecule has 0 aromatic heterocycles. The molecule has 0 aromatic rings. The maximum atomic E-state index is 11.4. The third kappa shape index (κ3) is 24.7. The van der Waals surface area contributed by atoms with Crippen molar-refractivity contribution < 1.29 is 18.5 Å². The Hall–Kier alpha value is -0.753. The summed E-state index contributed by atoms with van der Waals surface area (Å²) >= 11 is 0. The summed E-state index contributed by atoms with van der Waals surface area (Å²) in [7, 11) is -1.42. The summed E-state index contributed by atoms with van der Waals surface area (Å²) in [4.78, 5) is 11.4. The summed E-state index contributed by atoms with van der Waals surface area (Å²) < 4.78 is 23.5. The Morgan fingerprint density at radius 3 is 1.43 bits per heavy atom. The van der Waals surface area contributed by atoms with Crippen molar-refractivity contribution in [3.8, 4) is 0 Å². The number of carbonyl (C=O) groups excluding carboxylic acids is 1. The van der Waals surface area contributed by atoms with E-state index in [1.165, 1.54) is 122 Å². The van der Waals surface area contributed by atoms with Crippen LogP contribution in [0, 0.1) is 0 Å². The topological polar surface area (TPSA) is 72.5 Å². The Kier molecular flexibility index (Phi) is 24.4. The van der Waals surface area contributed by atoms with Crippen LogP contribution in [0.1, 0.15) is 162 Å². The lowest BCUT2D eigenvalue weighted by Crippen LogP contribution is -2.32. The van der Waals surface area contributed by atoms with Gasteiger partial charge in [-0.25, -0.2) is 0 Å². The molecule has 0 heterocycles. The molecule has 6 heteroatoms. The Labute approximate surface area is 219 Å². The molecule has 0 aliphatic heterocycles. The molecule has 206 valence electrons. The number of nitrogens with one attached hydrogen (secondary N) is 1. The predicted molar refractivity (Wildman–Crippen MR) is 146 cm³/mol. The fourth-order valence-corrected chi connectivity index (χ4v) is 5.03. The van der Waals surface area contributed by atoms with Gasteiger partial charge in [-0.15, -0.1) is 0 Å². The predicted octanol–water partition coefficient (Wildman–Crippen LogP) is 8.26. The standard InChI is InChI=1S/C29H57NO2.O2Si/c1-4-28(31)30-26-22-25-29(2,3)32-27-23-20-18-16-14-12-10-8-6-5-7-9-11-13-15-17-19-21-24-27;1-3-2/h27H,4-26H2,1-3H3,(H,30,31);. The van der Waals surface area contributed by atoms with Gasteiger partial charge in [0.15, 0.2) is 0 Å². The number of hydrogen-bond acceptors (Lipinski definition) is 4. The highest BCUT2D eigenvalue weighted by Crippen LogP contribution is 2.25. The lowest BCUT2D eigenvalue weighted by molar-refractivity contribution is -0.121. The zero-order chi connectivity index (χ0) is 26.0. The molecule has 1 rings (SSSR count). The van der Waals surface area contributed by atoms with E-state index >= 15 is 0 Å². The van der Waals surface area contributed by atoms with Crippen molar-refractivity contribution in [1.82, 2.24) is 5.32 Å². The van der Waals surface area contributed by atoms with Crippen LogP contribution in [0.5, 0.6) is 0 Å². The molecule has 1 saturated carbocycles. The first kappa shape index (κ1) is 34.2. The van der Waals surface area contributed by atoms with E-state index in [4.69, 9.17) is 13.7 Å². The minimum Gasteiger partial charge on any atom is -0.372 e. The largest absolute Gasteiger partial charge is 0.549 e. The van der Waals surface area contributed by atoms with Gasteiger partial charge in [0.1, 0.15) is 0 Å². The molecular weight excluding hydrogens is 454 g/mol. The van der Waals surface area contributed by atoms with Crippen LogP contribution < -0.4 is 5.32 Å². The molecule has 35 heavy (non-hydrogen) atoms. The van der Waals surface area contributed by atoms with Crippen molar-refractivity contribution in [3.63, 3.8) is 0 Å². The first-order chi connectivity index (χ1) is 16.9. The lowest BCUT2D eigenvalue weighted by Gasteiger charge is -2.31. The maximum absolute atomic E-state index is 11.4. The molecule has 5 nitrogen and oxygen atoms in total. The number of hydrogen-bond donors (Lipinski definition) is 1. The van der Waals surface area contributed by atoms with E-state index in [2.05, 4.69) is 19.2 Å². The van der Waals surface area contributed by atoms with Crippen molar-refractivity contribution >= 4 is 15.2 Å². The van der Waals surface area contributed by atoms with Crippen LogP contribution in [0.4, 0.5) is 0 Å². The van der Waals surface area contributed by atoms with Gasteiger partial charge in [-0.05, 0) is 39.5 Å². The molecule has 1 fully saturated rings. The SMILES string of the molecule is CCC(=O)NCCCC(C)(C)OC1CCCCCCCCCCCCCCCCCCC1.O=[Si]=O. The van der Waals surface area contributed by atoms with Crippen molar-refractivity contribution in [2.75, 3.05) is 6.54 Å². The van der Waals surface area contributed by atoms with E-state index in [0.717, 1.165) is 19.4 Å². The van der Waals surface area contributed by atoms with E-state index in [1.807, 2.05) is 6.92 Å². The number of ether oxygens (including phenoxy) is 1. The molecule has 0 radical (unpaired) electrons. The number of rotatable bonds is 7. The highest BCUT2D eigenvalue weighted by atomic mass is 28.2. The Morgan fingerprint density at radius 2 is 1.09 bits per heavy atom. The van der Waals surface area contributed by atoms with Crippen LogP contribution >= 0.6 is 0 Å². The molecule has 0 saturated heterocycles. The molecule has 0 unspecified atom stereocenters. The van der Waals surface area contributed by atoms with Crippen LogP contribution in [0.3, 0.4) is 0 Å². The van der Waals surface area contributed by atoms with Gasteiger partial charge >= 0.3 is 9.29 Å². The van der Waals surface area contributed by atoms with E-state index < -0.39 is 9.29 Å². The van der Waals surface area contributed by atoms with Gasteiger partial charge in [-0.1, -0.05) is 116 Å². The fourth-order valence-electron chi connectivity index (χ4n) is 5.03. The van der Waals surface area contributed by atoms with Crippen molar-refractivity contribution in [2.24, 2.45) is 0 Å². The quantitative estimate of drug-likeness (QED) is 0.276. The summed E-state index contributed by atoms with van der Waals surface area (Å²) in [5.74, 6) is 0.152. The maximum Gasteiger partial charge on any atom is 0.549 e. The zero-order valence-electron chi connectivity index (χ0n) is 23.5. The van der Waals surface area contributed by atoms with Crippen LogP contribution in [0.25, 0.3) is 0 Å². The van der Waals surface area contributed by atoms with Crippen LogP contribution in [0.2, 0.25) is 0 Å². The molecule has 0 spiro atoms. The average Bonchev–Trinajstić information content (AvgIpc) is 2.82. The minimum absolute atomic E-state index is 0.102. The van der Waals surface area contributed by atoms with E-state index in [0.29, 0.717) is 12.5 Å². The molecule has 0 bridgehead atoms. The minimum atomic E-state index is -1.42. The summed E-state index contributed by atoms with van der Waals surface area (Å²) in [6.07, 6.45) is 29.4. The fraction of sp³-hybridized carbons (Fsp3) is 0.966. The van der Waals surface area contributed by atoms with E-state index in [9.17, 15) is 4.79 Å². The normalized spacial score (nSPS) is 18.9. The molecule has 1 aliphatic rings. The van der Waals surface area contributed by atoms with Crippen LogP contribution in [-0.4, -0.2) is 33.4 Å². The summed E-state index contributed by atoms with van der Waals surface area (Å²) in [5, 5.41) is 3.00. The first-order valence-electron chi connectivity index (χ1n) is 14.9. The zero-order valence-corrected chi connectivity index (χ0v) is 24.5. The second-order valence-electron chi connectivity index (χ2n) is 11.0. The van der Waals surface area contributed by atoms with Gasteiger partial charge < -0.3 is 10.1 Å². The monoisotopic (exact) mass is 511 g/mol. The third-order valence-electron chi connectivity index (χ3n) is 7.14. The summed E-state index contributed by atoms with van der Waals surface area (Å²) in [6, 6.07) is 0. The number of carbonyl (C=O) groups is 1. The highest BCUT2D eigenvalue weighted by molar-refractivity contribution is 5.94. The van der Waals surface area contributed by atoms with Gasteiger partial charge in [-0.2, -0.15) is 0 Å². The van der Waals surface area contributed by atoms with Gasteiger partial charge in [0, 0.05) is 13.0 Å². The molecule has 1 amide bonds. The Balaban J connectivity index is 0.00000365. The second-order valence-corrected chi connectivity index (χ2v) is 11.1. The molecule has 0 atom stereocenters. The molecule has 1 aliphatic carbocycles. The average molecular weight is 512 g/mol. The Bertz CT molecular complexity index is 501. The van der Waals surface area contributed by atoms with Crippen molar-refractivity contribution in [2.45, 2.75) is 174 Å². The lowest BCUT2D eigenvalue weighted by atomic mass is 9.98. The Morgan fingerprint density at radius 1 is 0.743 bits per heavy atom. The molecule has 1 N–H and O–H groups in total. The van der Waals surface area contributed by atoms with Gasteiger partial charge in [0.25, 0.3) is 0 Å². The van der Waals surface area contributed by atoms with Gasteiger partial charge in [-0.3, -0.25) is 13.7 Å². The molecular formula is C29H57NO4Si. The highest BCUT2D eigenvalue weighted by Gasteiger charge is 2.23. The van der Waals surface area contributed by atoms with Crippen LogP contribution in [0.15, 0.2) is 0 Å². The van der Waals surface area contributed by atoms with Crippen molar-refractivity contribution in [1.29, 1.82) is 0 Å². The summed E-state index contributed by atoms with van der Waals surface area (Å²) in [6.45, 7) is 7.16. The van der Waals surface area contributed by atoms with E-state index in [-0.39, 0.29) is 11.5 Å².